The van der Waals surface area contributed by atoms with Crippen molar-refractivity contribution in [3.05, 3.63) is 29.6 Å². The van der Waals surface area contributed by atoms with Crippen LogP contribution in [0.1, 0.15) is 25.5 Å². The molecule has 2 rings (SSSR count). The number of morpholine rings is 1. The van der Waals surface area contributed by atoms with Gasteiger partial charge in [0.25, 0.3) is 0 Å². The van der Waals surface area contributed by atoms with Crippen LogP contribution in [-0.4, -0.2) is 25.8 Å². The zero-order valence-electron chi connectivity index (χ0n) is 10.3. The fraction of sp³-hybridized carbons (Fsp3) is 0.538. The lowest BCUT2D eigenvalue weighted by Crippen LogP contribution is -2.44. The largest absolute Gasteiger partial charge is 0.377 e. The predicted octanol–water partition coefficient (Wildman–Crippen LogP) is 2.07. The zero-order chi connectivity index (χ0) is 12.4. The van der Waals surface area contributed by atoms with Crippen molar-refractivity contribution in [3.63, 3.8) is 0 Å². The van der Waals surface area contributed by atoms with Gasteiger partial charge in [0.1, 0.15) is 5.82 Å². The Morgan fingerprint density at radius 2 is 2.29 bits per heavy atom. The number of ether oxygens (including phenoxy) is 1. The molecule has 0 aliphatic carbocycles. The van der Waals surface area contributed by atoms with Gasteiger partial charge in [-0.05, 0) is 25.5 Å². The molecule has 17 heavy (non-hydrogen) atoms. The van der Waals surface area contributed by atoms with Crippen LogP contribution < -0.4 is 10.6 Å². The number of rotatable bonds is 2. The van der Waals surface area contributed by atoms with Crippen molar-refractivity contribution in [2.45, 2.75) is 25.9 Å². The maximum absolute atomic E-state index is 14.0. The highest BCUT2D eigenvalue weighted by atomic mass is 19.1. The predicted molar refractivity (Wildman–Crippen MR) is 66.6 cm³/mol. The second kappa shape index (κ2) is 5.02. The molecule has 0 aromatic heterocycles. The first-order valence-electron chi connectivity index (χ1n) is 5.99. The minimum atomic E-state index is -0.200. The van der Waals surface area contributed by atoms with E-state index in [1.165, 1.54) is 6.07 Å². The highest BCUT2D eigenvalue weighted by Gasteiger charge is 2.24. The lowest BCUT2D eigenvalue weighted by Gasteiger charge is -2.37. The van der Waals surface area contributed by atoms with Crippen molar-refractivity contribution >= 4 is 5.69 Å². The maximum atomic E-state index is 14.0. The van der Waals surface area contributed by atoms with Crippen LogP contribution in [0.4, 0.5) is 10.1 Å². The molecule has 0 radical (unpaired) electrons. The van der Waals surface area contributed by atoms with E-state index in [0.717, 1.165) is 5.56 Å². The Balaban J connectivity index is 2.41. The van der Waals surface area contributed by atoms with Crippen LogP contribution in [0.3, 0.4) is 0 Å². The van der Waals surface area contributed by atoms with Crippen LogP contribution in [0.2, 0.25) is 0 Å². The van der Waals surface area contributed by atoms with Gasteiger partial charge in [-0.1, -0.05) is 12.1 Å². The van der Waals surface area contributed by atoms with Crippen molar-refractivity contribution in [3.8, 4) is 0 Å². The highest BCUT2D eigenvalue weighted by molar-refractivity contribution is 5.57. The third-order valence-electron chi connectivity index (χ3n) is 3.16. The molecule has 0 bridgehead atoms. The lowest BCUT2D eigenvalue weighted by atomic mass is 10.0. The molecular weight excluding hydrogens is 219 g/mol. The van der Waals surface area contributed by atoms with Gasteiger partial charge in [-0.3, -0.25) is 0 Å². The summed E-state index contributed by atoms with van der Waals surface area (Å²) in [5.41, 5.74) is 7.41. The summed E-state index contributed by atoms with van der Waals surface area (Å²) in [7, 11) is 0. The summed E-state index contributed by atoms with van der Waals surface area (Å²) in [5, 5.41) is 0. The molecule has 3 nitrogen and oxygen atoms in total. The minimum absolute atomic E-state index is 0.171. The SMILES string of the molecule is CC(N)c1cccc(F)c1N1CCOCC1C. The van der Waals surface area contributed by atoms with Gasteiger partial charge in [-0.15, -0.1) is 0 Å². The van der Waals surface area contributed by atoms with E-state index in [2.05, 4.69) is 4.90 Å². The molecule has 0 amide bonds. The summed E-state index contributed by atoms with van der Waals surface area (Å²) < 4.78 is 19.4. The van der Waals surface area contributed by atoms with E-state index in [4.69, 9.17) is 10.5 Å². The monoisotopic (exact) mass is 238 g/mol. The quantitative estimate of drug-likeness (QED) is 0.857. The zero-order valence-corrected chi connectivity index (χ0v) is 10.3. The fourth-order valence-electron chi connectivity index (χ4n) is 2.26. The molecule has 1 aliphatic heterocycles. The molecule has 1 aromatic carbocycles. The van der Waals surface area contributed by atoms with Crippen LogP contribution >= 0.6 is 0 Å². The molecule has 0 saturated carbocycles. The Morgan fingerprint density at radius 1 is 1.53 bits per heavy atom. The molecule has 2 N–H and O–H groups in total. The number of hydrogen-bond donors (Lipinski definition) is 1. The fourth-order valence-corrected chi connectivity index (χ4v) is 2.26. The Morgan fingerprint density at radius 3 is 2.94 bits per heavy atom. The smallest absolute Gasteiger partial charge is 0.146 e. The summed E-state index contributed by atoms with van der Waals surface area (Å²) in [6, 6.07) is 5.10. The maximum Gasteiger partial charge on any atom is 0.146 e. The first-order chi connectivity index (χ1) is 8.11. The molecule has 1 saturated heterocycles. The summed E-state index contributed by atoms with van der Waals surface area (Å²) in [6.45, 7) is 5.89. The van der Waals surface area contributed by atoms with Gasteiger partial charge in [0, 0.05) is 18.6 Å². The molecule has 0 spiro atoms. The number of hydrogen-bond acceptors (Lipinski definition) is 3. The minimum Gasteiger partial charge on any atom is -0.377 e. The third-order valence-corrected chi connectivity index (χ3v) is 3.16. The van der Waals surface area contributed by atoms with Crippen LogP contribution in [0.5, 0.6) is 0 Å². The van der Waals surface area contributed by atoms with Crippen LogP contribution in [0.15, 0.2) is 18.2 Å². The van der Waals surface area contributed by atoms with Crippen LogP contribution in [-0.2, 0) is 4.74 Å². The van der Waals surface area contributed by atoms with Gasteiger partial charge in [0.15, 0.2) is 0 Å². The number of nitrogens with two attached hydrogens (primary N) is 1. The summed E-state index contributed by atoms with van der Waals surface area (Å²) in [6.07, 6.45) is 0. The second-order valence-electron chi connectivity index (χ2n) is 4.58. The standard InChI is InChI=1S/C13H19FN2O/c1-9-8-17-7-6-16(9)13-11(10(2)15)4-3-5-12(13)14/h3-5,9-10H,6-8,15H2,1-2H3. The van der Waals surface area contributed by atoms with Crippen molar-refractivity contribution < 1.29 is 9.13 Å². The van der Waals surface area contributed by atoms with Gasteiger partial charge in [-0.25, -0.2) is 4.39 Å². The van der Waals surface area contributed by atoms with Crippen LogP contribution in [0, 0.1) is 5.82 Å². The number of anilines is 1. The average Bonchev–Trinajstić information content (AvgIpc) is 2.30. The summed E-state index contributed by atoms with van der Waals surface area (Å²) in [5.74, 6) is -0.200. The Bertz CT molecular complexity index is 395. The van der Waals surface area contributed by atoms with Gasteiger partial charge >= 0.3 is 0 Å². The Hall–Kier alpha value is -1.13. The Labute approximate surface area is 101 Å². The van der Waals surface area contributed by atoms with Crippen molar-refractivity contribution in [2.24, 2.45) is 5.73 Å². The second-order valence-corrected chi connectivity index (χ2v) is 4.58. The molecule has 1 aromatic rings. The molecule has 2 unspecified atom stereocenters. The number of para-hydroxylation sites is 1. The molecule has 1 aliphatic rings. The van der Waals surface area contributed by atoms with Gasteiger partial charge in [0.05, 0.1) is 18.9 Å². The molecule has 1 fully saturated rings. The van der Waals surface area contributed by atoms with E-state index >= 15 is 0 Å². The van der Waals surface area contributed by atoms with E-state index in [9.17, 15) is 4.39 Å². The summed E-state index contributed by atoms with van der Waals surface area (Å²) in [4.78, 5) is 2.05. The molecule has 2 atom stereocenters. The van der Waals surface area contributed by atoms with E-state index in [1.807, 2.05) is 19.9 Å². The van der Waals surface area contributed by atoms with Gasteiger partial charge < -0.3 is 15.4 Å². The average molecular weight is 238 g/mol. The highest BCUT2D eigenvalue weighted by Crippen LogP contribution is 2.30. The molecule has 94 valence electrons. The van der Waals surface area contributed by atoms with Crippen LogP contribution in [0.25, 0.3) is 0 Å². The van der Waals surface area contributed by atoms with Crippen molar-refractivity contribution in [1.82, 2.24) is 0 Å². The molecule has 1 heterocycles. The topological polar surface area (TPSA) is 38.5 Å². The third kappa shape index (κ3) is 2.42. The van der Waals surface area contributed by atoms with E-state index in [1.54, 1.807) is 6.07 Å². The first kappa shape index (κ1) is 12.3. The van der Waals surface area contributed by atoms with Crippen molar-refractivity contribution in [2.75, 3.05) is 24.7 Å². The number of halogens is 1. The van der Waals surface area contributed by atoms with E-state index in [-0.39, 0.29) is 17.9 Å². The van der Waals surface area contributed by atoms with Gasteiger partial charge in [0.2, 0.25) is 0 Å². The first-order valence-corrected chi connectivity index (χ1v) is 5.99. The number of nitrogens with zero attached hydrogens (tertiary/aromatic N) is 1. The van der Waals surface area contributed by atoms with Gasteiger partial charge in [-0.2, -0.15) is 0 Å². The Kier molecular flexibility index (Phi) is 3.64. The van der Waals surface area contributed by atoms with E-state index < -0.39 is 0 Å². The molecular formula is C13H19FN2O. The lowest BCUT2D eigenvalue weighted by molar-refractivity contribution is 0.0984. The van der Waals surface area contributed by atoms with E-state index in [0.29, 0.717) is 25.4 Å². The normalized spacial score (nSPS) is 22.6. The summed E-state index contributed by atoms with van der Waals surface area (Å²) >= 11 is 0. The van der Waals surface area contributed by atoms with Crippen molar-refractivity contribution in [1.29, 1.82) is 0 Å². The molecule has 4 heteroatoms. The number of benzene rings is 1.